The molecule has 0 aliphatic heterocycles. The summed E-state index contributed by atoms with van der Waals surface area (Å²) in [5.41, 5.74) is 6.02. The van der Waals surface area contributed by atoms with Crippen LogP contribution in [0.15, 0.2) is 72.0 Å². The molecule has 0 saturated heterocycles. The standard InChI is InChI=1S/C19H19N5O2/c1-2-13-23-14-12-18(15-6-4-3-5-7-15)20-19(23)22-21-16-8-10-17(11-9-16)24(25)26/h3-12,14,21H,2,13H2,1H3/b22-19+. The number of hydrogen-bond donors (Lipinski definition) is 1. The molecule has 1 heterocycles. The van der Waals surface area contributed by atoms with Gasteiger partial charge >= 0.3 is 0 Å². The number of hydrogen-bond acceptors (Lipinski definition) is 5. The van der Waals surface area contributed by atoms with Crippen LogP contribution in [0, 0.1) is 10.1 Å². The molecule has 0 fully saturated rings. The number of benzene rings is 2. The normalized spacial score (nSPS) is 11.3. The first-order valence-corrected chi connectivity index (χ1v) is 8.34. The van der Waals surface area contributed by atoms with E-state index in [0.29, 0.717) is 11.3 Å². The lowest BCUT2D eigenvalue weighted by atomic mass is 10.1. The van der Waals surface area contributed by atoms with Crippen LogP contribution in [-0.2, 0) is 6.54 Å². The van der Waals surface area contributed by atoms with Crippen LogP contribution in [-0.4, -0.2) is 14.5 Å². The lowest BCUT2D eigenvalue weighted by Gasteiger charge is -2.08. The molecule has 7 heteroatoms. The lowest BCUT2D eigenvalue weighted by molar-refractivity contribution is -0.384. The molecule has 0 spiro atoms. The number of nitrogens with one attached hydrogen (secondary N) is 1. The highest BCUT2D eigenvalue weighted by Gasteiger charge is 2.04. The summed E-state index contributed by atoms with van der Waals surface area (Å²) in [5, 5.41) is 15.1. The van der Waals surface area contributed by atoms with E-state index in [2.05, 4.69) is 22.4 Å². The first-order valence-electron chi connectivity index (χ1n) is 8.34. The fourth-order valence-electron chi connectivity index (χ4n) is 2.48. The minimum absolute atomic E-state index is 0.0424. The summed E-state index contributed by atoms with van der Waals surface area (Å²) in [5.74, 6) is 0. The maximum absolute atomic E-state index is 10.7. The van der Waals surface area contributed by atoms with Gasteiger partial charge in [-0.1, -0.05) is 37.3 Å². The summed E-state index contributed by atoms with van der Waals surface area (Å²) in [6.07, 6.45) is 2.92. The van der Waals surface area contributed by atoms with Gasteiger partial charge in [0.05, 0.1) is 16.3 Å². The Balaban J connectivity index is 1.93. The topological polar surface area (TPSA) is 85.3 Å². The van der Waals surface area contributed by atoms with Crippen molar-refractivity contribution in [2.45, 2.75) is 19.9 Å². The van der Waals surface area contributed by atoms with Crippen LogP contribution in [0.3, 0.4) is 0 Å². The second-order valence-corrected chi connectivity index (χ2v) is 5.70. The summed E-state index contributed by atoms with van der Waals surface area (Å²) in [4.78, 5) is 14.9. The number of non-ortho nitro benzene ring substituents is 1. The molecular formula is C19H19N5O2. The van der Waals surface area contributed by atoms with E-state index in [-0.39, 0.29) is 5.69 Å². The Morgan fingerprint density at radius 2 is 1.85 bits per heavy atom. The van der Waals surface area contributed by atoms with Crippen LogP contribution < -0.4 is 11.0 Å². The third kappa shape index (κ3) is 4.13. The zero-order valence-electron chi connectivity index (χ0n) is 14.4. The van der Waals surface area contributed by atoms with Crippen molar-refractivity contribution in [3.63, 3.8) is 0 Å². The van der Waals surface area contributed by atoms with Crippen molar-refractivity contribution in [3.8, 4) is 11.3 Å². The molecule has 0 aliphatic carbocycles. The van der Waals surface area contributed by atoms with Crippen molar-refractivity contribution in [1.29, 1.82) is 0 Å². The predicted molar refractivity (Wildman–Crippen MR) is 100 cm³/mol. The van der Waals surface area contributed by atoms with Gasteiger partial charge in [-0.3, -0.25) is 15.5 Å². The van der Waals surface area contributed by atoms with Gasteiger partial charge in [0, 0.05) is 30.4 Å². The maximum Gasteiger partial charge on any atom is 0.269 e. The summed E-state index contributed by atoms with van der Waals surface area (Å²) < 4.78 is 1.96. The molecule has 7 nitrogen and oxygen atoms in total. The quantitative estimate of drug-likeness (QED) is 0.542. The van der Waals surface area contributed by atoms with Crippen LogP contribution in [0.25, 0.3) is 11.3 Å². The first kappa shape index (κ1) is 17.3. The van der Waals surface area contributed by atoms with E-state index >= 15 is 0 Å². The van der Waals surface area contributed by atoms with Gasteiger partial charge < -0.3 is 4.57 Å². The SMILES string of the molecule is CCCn1ccc(-c2ccccc2)n/c1=N\Nc1ccc([N+](=O)[O-])cc1. The monoisotopic (exact) mass is 349 g/mol. The molecule has 2 aromatic carbocycles. The number of nitro groups is 1. The zero-order valence-corrected chi connectivity index (χ0v) is 14.4. The van der Waals surface area contributed by atoms with E-state index in [1.165, 1.54) is 12.1 Å². The fraction of sp³-hybridized carbons (Fsp3) is 0.158. The van der Waals surface area contributed by atoms with Gasteiger partial charge in [-0.05, 0) is 24.6 Å². The molecule has 0 bridgehead atoms. The Bertz CT molecular complexity index is 950. The molecule has 0 amide bonds. The summed E-state index contributed by atoms with van der Waals surface area (Å²) in [6.45, 7) is 2.88. The zero-order chi connectivity index (χ0) is 18.4. The highest BCUT2D eigenvalue weighted by atomic mass is 16.6. The van der Waals surface area contributed by atoms with E-state index in [9.17, 15) is 10.1 Å². The van der Waals surface area contributed by atoms with Crippen LogP contribution in [0.1, 0.15) is 13.3 Å². The molecular weight excluding hydrogens is 330 g/mol. The predicted octanol–water partition coefficient (Wildman–Crippen LogP) is 3.80. The van der Waals surface area contributed by atoms with E-state index in [1.54, 1.807) is 12.1 Å². The summed E-state index contributed by atoms with van der Waals surface area (Å²) >= 11 is 0. The number of nitrogens with zero attached hydrogens (tertiary/aromatic N) is 4. The molecule has 3 rings (SSSR count). The largest absolute Gasteiger partial charge is 0.316 e. The van der Waals surface area contributed by atoms with Gasteiger partial charge in [0.1, 0.15) is 0 Å². The smallest absolute Gasteiger partial charge is 0.269 e. The van der Waals surface area contributed by atoms with E-state index in [4.69, 9.17) is 0 Å². The Kier molecular flexibility index (Phi) is 5.38. The minimum atomic E-state index is -0.430. The van der Waals surface area contributed by atoms with Crippen molar-refractivity contribution >= 4 is 11.4 Å². The highest BCUT2D eigenvalue weighted by molar-refractivity contribution is 5.57. The third-order valence-electron chi connectivity index (χ3n) is 3.79. The average molecular weight is 349 g/mol. The molecule has 132 valence electrons. The van der Waals surface area contributed by atoms with Gasteiger partial charge in [-0.2, -0.15) is 0 Å². The van der Waals surface area contributed by atoms with Gasteiger partial charge in [-0.25, -0.2) is 4.98 Å². The van der Waals surface area contributed by atoms with Crippen LogP contribution >= 0.6 is 0 Å². The van der Waals surface area contributed by atoms with Crippen LogP contribution in [0.4, 0.5) is 11.4 Å². The molecule has 1 aromatic heterocycles. The summed E-state index contributed by atoms with van der Waals surface area (Å²) in [7, 11) is 0. The maximum atomic E-state index is 10.7. The number of aromatic nitrogens is 2. The Labute approximate surface area is 150 Å². The molecule has 0 aliphatic rings. The number of anilines is 1. The summed E-state index contributed by atoms with van der Waals surface area (Å²) in [6, 6.07) is 18.0. The van der Waals surface area contributed by atoms with Crippen LogP contribution in [0.5, 0.6) is 0 Å². The van der Waals surface area contributed by atoms with Crippen molar-refractivity contribution < 1.29 is 4.92 Å². The lowest BCUT2D eigenvalue weighted by Crippen LogP contribution is -2.25. The Hall–Kier alpha value is -3.48. The molecule has 26 heavy (non-hydrogen) atoms. The molecule has 3 aromatic rings. The van der Waals surface area contributed by atoms with Crippen LogP contribution in [0.2, 0.25) is 0 Å². The molecule has 0 radical (unpaired) electrons. The van der Waals surface area contributed by atoms with Gasteiger partial charge in [0.25, 0.3) is 5.69 Å². The van der Waals surface area contributed by atoms with Crippen molar-refractivity contribution in [3.05, 3.63) is 82.6 Å². The first-order chi connectivity index (χ1) is 12.7. The highest BCUT2D eigenvalue weighted by Crippen LogP contribution is 2.16. The van der Waals surface area contributed by atoms with E-state index in [1.807, 2.05) is 47.2 Å². The van der Waals surface area contributed by atoms with E-state index < -0.39 is 4.92 Å². The molecule has 0 atom stereocenters. The van der Waals surface area contributed by atoms with Crippen molar-refractivity contribution in [2.75, 3.05) is 5.43 Å². The van der Waals surface area contributed by atoms with E-state index in [0.717, 1.165) is 24.2 Å². The van der Waals surface area contributed by atoms with Crippen molar-refractivity contribution in [1.82, 2.24) is 9.55 Å². The molecule has 0 unspecified atom stereocenters. The number of rotatable bonds is 6. The molecule has 0 saturated carbocycles. The van der Waals surface area contributed by atoms with Gasteiger partial charge in [-0.15, -0.1) is 5.10 Å². The average Bonchev–Trinajstić information content (AvgIpc) is 2.68. The Morgan fingerprint density at radius 3 is 2.50 bits per heavy atom. The molecule has 1 N–H and O–H groups in total. The fourth-order valence-corrected chi connectivity index (χ4v) is 2.48. The Morgan fingerprint density at radius 1 is 1.12 bits per heavy atom. The second kappa shape index (κ2) is 8.06. The second-order valence-electron chi connectivity index (χ2n) is 5.70. The van der Waals surface area contributed by atoms with Gasteiger partial charge in [0.2, 0.25) is 5.62 Å². The number of aryl methyl sites for hydroxylation is 1. The van der Waals surface area contributed by atoms with Gasteiger partial charge in [0.15, 0.2) is 0 Å². The third-order valence-corrected chi connectivity index (χ3v) is 3.79. The number of nitro benzene ring substituents is 1. The minimum Gasteiger partial charge on any atom is -0.316 e. The van der Waals surface area contributed by atoms with Crippen molar-refractivity contribution in [2.24, 2.45) is 5.10 Å².